The summed E-state index contributed by atoms with van der Waals surface area (Å²) in [5, 5.41) is 24.2. The van der Waals surface area contributed by atoms with Gasteiger partial charge in [0.15, 0.2) is 0 Å². The number of benzene rings is 1. The average molecular weight is 422 g/mol. The van der Waals surface area contributed by atoms with Crippen molar-refractivity contribution in [1.82, 2.24) is 10.1 Å². The van der Waals surface area contributed by atoms with Crippen LogP contribution in [0.15, 0.2) is 28.7 Å². The van der Waals surface area contributed by atoms with Crippen LogP contribution in [0, 0.1) is 0 Å². The highest BCUT2D eigenvalue weighted by atomic mass is 32.2. The molecule has 29 heavy (non-hydrogen) atoms. The molecule has 0 aromatic heterocycles. The Balaban J connectivity index is 1.63. The third-order valence-electron chi connectivity index (χ3n) is 6.16. The standard InChI is InChI=1S/C22H35N3O3S/c1-7-14-8-18-15(10-20(14)29-6)9-19(28-18)17(26)13-24(23)12-16-11-21(2,3)25(27)22(16,4)5/h8,10-11,17,19,26-27H,7,9,12-13,23H2,1-6H3. The molecule has 0 saturated carbocycles. The normalized spacial score (nSPS) is 23.8. The number of rotatable bonds is 7. The Bertz CT molecular complexity index is 761. The van der Waals surface area contributed by atoms with E-state index >= 15 is 0 Å². The summed E-state index contributed by atoms with van der Waals surface area (Å²) in [4.78, 5) is 1.28. The summed E-state index contributed by atoms with van der Waals surface area (Å²) in [5.74, 6) is 7.13. The molecule has 3 rings (SSSR count). The fraction of sp³-hybridized carbons (Fsp3) is 0.636. The average Bonchev–Trinajstić information content (AvgIpc) is 3.13. The molecule has 2 atom stereocenters. The maximum atomic E-state index is 10.8. The molecule has 2 aliphatic heterocycles. The van der Waals surface area contributed by atoms with Crippen LogP contribution in [0.1, 0.15) is 45.7 Å². The maximum Gasteiger partial charge on any atom is 0.130 e. The van der Waals surface area contributed by atoms with E-state index in [2.05, 4.69) is 31.4 Å². The lowest BCUT2D eigenvalue weighted by Crippen LogP contribution is -2.50. The van der Waals surface area contributed by atoms with Gasteiger partial charge in [-0.1, -0.05) is 13.0 Å². The van der Waals surface area contributed by atoms with Gasteiger partial charge in [-0.05, 0) is 69.2 Å². The second kappa shape index (κ2) is 8.21. The van der Waals surface area contributed by atoms with Crippen LogP contribution < -0.4 is 10.6 Å². The van der Waals surface area contributed by atoms with E-state index in [9.17, 15) is 10.3 Å². The molecule has 1 aromatic rings. The molecule has 7 heteroatoms. The summed E-state index contributed by atoms with van der Waals surface area (Å²) < 4.78 is 6.07. The third-order valence-corrected chi connectivity index (χ3v) is 6.98. The van der Waals surface area contributed by atoms with E-state index in [0.717, 1.165) is 23.3 Å². The lowest BCUT2D eigenvalue weighted by Gasteiger charge is -2.37. The minimum atomic E-state index is -0.696. The maximum absolute atomic E-state index is 10.8. The van der Waals surface area contributed by atoms with Crippen LogP contribution in [0.2, 0.25) is 0 Å². The van der Waals surface area contributed by atoms with E-state index in [0.29, 0.717) is 19.5 Å². The zero-order chi connectivity index (χ0) is 21.6. The van der Waals surface area contributed by atoms with E-state index in [4.69, 9.17) is 10.6 Å². The highest BCUT2D eigenvalue weighted by Crippen LogP contribution is 2.39. The monoisotopic (exact) mass is 421 g/mol. The van der Waals surface area contributed by atoms with Crippen molar-refractivity contribution >= 4 is 11.8 Å². The molecule has 0 amide bonds. The van der Waals surface area contributed by atoms with Gasteiger partial charge in [0.25, 0.3) is 0 Å². The van der Waals surface area contributed by atoms with Crippen molar-refractivity contribution in [2.45, 2.75) is 75.6 Å². The smallest absolute Gasteiger partial charge is 0.130 e. The van der Waals surface area contributed by atoms with Crippen LogP contribution >= 0.6 is 11.8 Å². The minimum Gasteiger partial charge on any atom is -0.487 e. The molecule has 0 aliphatic carbocycles. The van der Waals surface area contributed by atoms with Gasteiger partial charge in [0.1, 0.15) is 18.0 Å². The van der Waals surface area contributed by atoms with E-state index in [-0.39, 0.29) is 6.10 Å². The van der Waals surface area contributed by atoms with Gasteiger partial charge in [-0.25, -0.2) is 5.01 Å². The van der Waals surface area contributed by atoms with Gasteiger partial charge < -0.3 is 15.1 Å². The number of nitrogens with zero attached hydrogens (tertiary/aromatic N) is 2. The minimum absolute atomic E-state index is 0.297. The highest BCUT2D eigenvalue weighted by molar-refractivity contribution is 7.98. The molecule has 0 radical (unpaired) electrons. The van der Waals surface area contributed by atoms with Gasteiger partial charge in [-0.3, -0.25) is 5.84 Å². The Morgan fingerprint density at radius 1 is 1.34 bits per heavy atom. The quantitative estimate of drug-likeness (QED) is 0.270. The van der Waals surface area contributed by atoms with Crippen LogP contribution in [-0.4, -0.2) is 63.0 Å². The molecule has 0 fully saturated rings. The van der Waals surface area contributed by atoms with Crippen molar-refractivity contribution in [3.8, 4) is 5.75 Å². The van der Waals surface area contributed by atoms with Crippen LogP contribution in [0.25, 0.3) is 0 Å². The van der Waals surface area contributed by atoms with Crippen LogP contribution in [0.4, 0.5) is 0 Å². The first-order chi connectivity index (χ1) is 13.5. The molecule has 4 N–H and O–H groups in total. The number of hydrogen-bond donors (Lipinski definition) is 3. The summed E-state index contributed by atoms with van der Waals surface area (Å²) in [6.45, 7) is 10.8. The Hall–Kier alpha value is -1.09. The number of ether oxygens (including phenoxy) is 1. The summed E-state index contributed by atoms with van der Waals surface area (Å²) >= 11 is 1.75. The predicted octanol–water partition coefficient (Wildman–Crippen LogP) is 3.00. The molecular weight excluding hydrogens is 386 g/mol. The molecule has 1 aromatic carbocycles. The summed E-state index contributed by atoms with van der Waals surface area (Å²) in [5.41, 5.74) is 2.51. The van der Waals surface area contributed by atoms with E-state index in [1.165, 1.54) is 15.5 Å². The highest BCUT2D eigenvalue weighted by Gasteiger charge is 2.45. The number of hydrogen-bond acceptors (Lipinski definition) is 7. The number of aliphatic hydroxyl groups is 1. The molecule has 0 bridgehead atoms. The predicted molar refractivity (Wildman–Crippen MR) is 117 cm³/mol. The van der Waals surface area contributed by atoms with Crippen LogP contribution in [0.5, 0.6) is 5.75 Å². The number of nitrogens with two attached hydrogens (primary N) is 1. The van der Waals surface area contributed by atoms with Crippen molar-refractivity contribution in [2.75, 3.05) is 19.3 Å². The Morgan fingerprint density at radius 3 is 2.59 bits per heavy atom. The largest absolute Gasteiger partial charge is 0.487 e. The Morgan fingerprint density at radius 2 is 2.03 bits per heavy atom. The molecule has 0 spiro atoms. The first-order valence-corrected chi connectivity index (χ1v) is 11.5. The molecular formula is C22H35N3O3S. The van der Waals surface area contributed by atoms with Gasteiger partial charge in [0.2, 0.25) is 0 Å². The van der Waals surface area contributed by atoms with E-state index < -0.39 is 17.2 Å². The zero-order valence-corrected chi connectivity index (χ0v) is 19.2. The first-order valence-electron chi connectivity index (χ1n) is 10.2. The van der Waals surface area contributed by atoms with Gasteiger partial charge in [0, 0.05) is 24.4 Å². The molecule has 2 heterocycles. The number of aryl methyl sites for hydroxylation is 1. The molecule has 162 valence electrons. The lowest BCUT2D eigenvalue weighted by molar-refractivity contribution is -0.185. The molecule has 0 saturated heterocycles. The number of hydrazine groups is 1. The molecule has 2 unspecified atom stereocenters. The number of fused-ring (bicyclic) bond motifs is 1. The number of thioether (sulfide) groups is 1. The zero-order valence-electron chi connectivity index (χ0n) is 18.4. The second-order valence-corrected chi connectivity index (χ2v) is 10.0. The molecule has 6 nitrogen and oxygen atoms in total. The van der Waals surface area contributed by atoms with Crippen molar-refractivity contribution in [3.05, 3.63) is 34.9 Å². The van der Waals surface area contributed by atoms with Gasteiger partial charge >= 0.3 is 0 Å². The van der Waals surface area contributed by atoms with Gasteiger partial charge in [-0.15, -0.1) is 11.8 Å². The van der Waals surface area contributed by atoms with Crippen LogP contribution in [0.3, 0.4) is 0 Å². The fourth-order valence-electron chi connectivity index (χ4n) is 4.42. The Kier molecular flexibility index (Phi) is 6.40. The van der Waals surface area contributed by atoms with Crippen molar-refractivity contribution < 1.29 is 15.1 Å². The Labute approximate surface area is 178 Å². The topological polar surface area (TPSA) is 82.2 Å². The number of hydroxylamine groups is 2. The summed E-state index contributed by atoms with van der Waals surface area (Å²) in [6, 6.07) is 4.30. The van der Waals surface area contributed by atoms with Crippen LogP contribution in [-0.2, 0) is 12.8 Å². The number of aliphatic hydroxyl groups excluding tert-OH is 1. The summed E-state index contributed by atoms with van der Waals surface area (Å²) in [6.07, 6.45) is 4.79. The first kappa shape index (κ1) is 22.6. The van der Waals surface area contributed by atoms with Crippen molar-refractivity contribution in [2.24, 2.45) is 5.84 Å². The third kappa shape index (κ3) is 4.36. The SMILES string of the molecule is CCc1cc2c(cc1SC)CC(C(O)CN(N)CC1=CC(C)(C)N(O)C1(C)C)O2. The van der Waals surface area contributed by atoms with Gasteiger partial charge in [0.05, 0.1) is 11.1 Å². The van der Waals surface area contributed by atoms with Crippen molar-refractivity contribution in [1.29, 1.82) is 0 Å². The fourth-order valence-corrected chi connectivity index (χ4v) is 5.14. The second-order valence-electron chi connectivity index (χ2n) is 9.18. The lowest BCUT2D eigenvalue weighted by atomic mass is 9.96. The van der Waals surface area contributed by atoms with Gasteiger partial charge in [-0.2, -0.15) is 5.06 Å². The summed E-state index contributed by atoms with van der Waals surface area (Å²) in [7, 11) is 0. The van der Waals surface area contributed by atoms with Crippen molar-refractivity contribution in [3.63, 3.8) is 0 Å². The van der Waals surface area contributed by atoms with E-state index in [1.54, 1.807) is 16.8 Å². The molecule has 2 aliphatic rings. The van der Waals surface area contributed by atoms with E-state index in [1.807, 2.05) is 27.7 Å².